The van der Waals surface area contributed by atoms with Crippen molar-refractivity contribution in [3.8, 4) is 11.5 Å². The highest BCUT2D eigenvalue weighted by atomic mass is 35.5. The van der Waals surface area contributed by atoms with Gasteiger partial charge in [0.05, 0.1) is 31.6 Å². The SMILES string of the molecule is CCCCCCCCCCCC[N+](C)(C)CCOc1ccccc1.O=C([O-])COc1ccc(Cl)cc1Cl. The first-order valence-electron chi connectivity index (χ1n) is 13.5. The van der Waals surface area contributed by atoms with Crippen LogP contribution in [0.4, 0.5) is 0 Å². The molecule has 0 aliphatic carbocycles. The molecule has 0 spiro atoms. The van der Waals surface area contributed by atoms with Crippen LogP contribution in [0, 0.1) is 0 Å². The van der Waals surface area contributed by atoms with Gasteiger partial charge in [-0.15, -0.1) is 0 Å². The number of carboxylic acid groups (broad SMARTS) is 1. The predicted molar refractivity (Wildman–Crippen MR) is 153 cm³/mol. The third-order valence-corrected chi connectivity index (χ3v) is 6.60. The summed E-state index contributed by atoms with van der Waals surface area (Å²) in [5.41, 5.74) is 0. The Morgan fingerprint density at radius 3 is 1.97 bits per heavy atom. The monoisotopic (exact) mass is 553 g/mol. The van der Waals surface area contributed by atoms with Gasteiger partial charge in [0.25, 0.3) is 0 Å². The Kier molecular flexibility index (Phi) is 17.9. The van der Waals surface area contributed by atoms with Crippen LogP contribution in [0.2, 0.25) is 10.0 Å². The number of hydrogen-bond donors (Lipinski definition) is 0. The van der Waals surface area contributed by atoms with E-state index in [1.807, 2.05) is 30.3 Å². The molecular weight excluding hydrogens is 509 g/mol. The number of ether oxygens (including phenoxy) is 2. The molecule has 0 unspecified atom stereocenters. The van der Waals surface area contributed by atoms with E-state index in [-0.39, 0.29) is 10.8 Å². The number of unbranched alkanes of at least 4 members (excludes halogenated alkanes) is 9. The van der Waals surface area contributed by atoms with Crippen LogP contribution in [0.1, 0.15) is 71.1 Å². The molecule has 0 atom stereocenters. The molecule has 0 aliphatic heterocycles. The summed E-state index contributed by atoms with van der Waals surface area (Å²) in [5.74, 6) is -0.0438. The van der Waals surface area contributed by atoms with E-state index >= 15 is 0 Å². The molecule has 2 aromatic carbocycles. The second-order valence-corrected chi connectivity index (χ2v) is 10.8. The molecule has 2 aromatic rings. The highest BCUT2D eigenvalue weighted by Gasteiger charge is 2.14. The molecule has 37 heavy (non-hydrogen) atoms. The van der Waals surface area contributed by atoms with Gasteiger partial charge in [0, 0.05) is 5.02 Å². The molecule has 5 nitrogen and oxygen atoms in total. The van der Waals surface area contributed by atoms with E-state index in [1.54, 1.807) is 6.07 Å². The van der Waals surface area contributed by atoms with E-state index < -0.39 is 12.6 Å². The van der Waals surface area contributed by atoms with E-state index in [0.29, 0.717) is 5.02 Å². The molecule has 0 fully saturated rings. The summed E-state index contributed by atoms with van der Waals surface area (Å²) in [6.07, 6.45) is 14.1. The first-order valence-corrected chi connectivity index (χ1v) is 14.3. The zero-order chi connectivity index (χ0) is 27.4. The fourth-order valence-corrected chi connectivity index (χ4v) is 4.26. The Labute approximate surface area is 234 Å². The predicted octanol–water partition coefficient (Wildman–Crippen LogP) is 7.18. The van der Waals surface area contributed by atoms with Crippen molar-refractivity contribution in [2.24, 2.45) is 0 Å². The molecule has 0 bridgehead atoms. The number of nitrogens with zero attached hydrogens (tertiary/aromatic N) is 1. The van der Waals surface area contributed by atoms with Crippen molar-refractivity contribution in [2.75, 3.05) is 40.4 Å². The number of carboxylic acids is 1. The molecule has 0 aliphatic rings. The fourth-order valence-electron chi connectivity index (χ4n) is 3.80. The molecule has 2 rings (SSSR count). The number of quaternary nitrogens is 1. The summed E-state index contributed by atoms with van der Waals surface area (Å²) < 4.78 is 11.7. The summed E-state index contributed by atoms with van der Waals surface area (Å²) in [6, 6.07) is 14.7. The van der Waals surface area contributed by atoms with Gasteiger partial charge in [-0.2, -0.15) is 0 Å². The van der Waals surface area contributed by atoms with Gasteiger partial charge in [-0.1, -0.05) is 99.7 Å². The van der Waals surface area contributed by atoms with Crippen LogP contribution in [0.25, 0.3) is 0 Å². The summed E-state index contributed by atoms with van der Waals surface area (Å²) in [4.78, 5) is 10.0. The van der Waals surface area contributed by atoms with Gasteiger partial charge in [0.2, 0.25) is 0 Å². The molecule has 0 aromatic heterocycles. The Morgan fingerprint density at radius 1 is 0.811 bits per heavy atom. The summed E-state index contributed by atoms with van der Waals surface area (Å²) >= 11 is 11.3. The third-order valence-electron chi connectivity index (χ3n) is 6.06. The molecule has 7 heteroatoms. The van der Waals surface area contributed by atoms with Crippen molar-refractivity contribution in [2.45, 2.75) is 71.1 Å². The third kappa shape index (κ3) is 18.0. The lowest BCUT2D eigenvalue weighted by molar-refractivity contribution is -0.890. The molecule has 0 saturated carbocycles. The molecular formula is C30H45Cl2NO4. The van der Waals surface area contributed by atoms with E-state index in [4.69, 9.17) is 32.7 Å². The first-order chi connectivity index (χ1) is 17.7. The van der Waals surface area contributed by atoms with Gasteiger partial charge in [-0.05, 0) is 43.2 Å². The molecule has 0 amide bonds. The van der Waals surface area contributed by atoms with Gasteiger partial charge in [-0.25, -0.2) is 0 Å². The van der Waals surface area contributed by atoms with Gasteiger partial charge in [0.1, 0.15) is 31.3 Å². The maximum atomic E-state index is 10.0. The molecule has 0 saturated heterocycles. The smallest absolute Gasteiger partial charge is 0.138 e. The van der Waals surface area contributed by atoms with Crippen molar-refractivity contribution in [3.63, 3.8) is 0 Å². The van der Waals surface area contributed by atoms with E-state index in [0.717, 1.165) is 23.4 Å². The van der Waals surface area contributed by atoms with Crippen LogP contribution in [0.5, 0.6) is 11.5 Å². The van der Waals surface area contributed by atoms with Crippen molar-refractivity contribution < 1.29 is 23.9 Å². The lowest BCUT2D eigenvalue weighted by Gasteiger charge is -2.29. The standard InChI is InChI=1S/C22H40NO.C8H6Cl2O3/c1-4-5-6-7-8-9-10-11-12-16-19-23(2,3)20-21-24-22-17-14-13-15-18-22;9-5-1-2-7(6(10)3-5)13-4-8(11)12/h13-15,17-18H,4-12,16,19-21H2,1-3H3;1-3H,4H2,(H,11,12)/q+1;/p-1. The minimum absolute atomic E-state index is 0.272. The number of rotatable bonds is 18. The van der Waals surface area contributed by atoms with E-state index in [2.05, 4.69) is 21.0 Å². The number of carbonyl (C=O) groups excluding carboxylic acids is 1. The maximum absolute atomic E-state index is 10.0. The minimum Gasteiger partial charge on any atom is -0.546 e. The lowest BCUT2D eigenvalue weighted by atomic mass is 10.1. The average molecular weight is 555 g/mol. The van der Waals surface area contributed by atoms with Gasteiger partial charge >= 0.3 is 0 Å². The van der Waals surface area contributed by atoms with Crippen LogP contribution < -0.4 is 14.6 Å². The number of hydrogen-bond acceptors (Lipinski definition) is 4. The molecule has 0 heterocycles. The number of likely N-dealkylation sites (N-methyl/N-ethyl adjacent to an activating group) is 1. The Balaban J connectivity index is 0.000000442. The maximum Gasteiger partial charge on any atom is 0.138 e. The second kappa shape index (κ2) is 20.1. The molecule has 208 valence electrons. The van der Waals surface area contributed by atoms with Crippen LogP contribution in [0.15, 0.2) is 48.5 Å². The first kappa shape index (κ1) is 33.1. The summed E-state index contributed by atoms with van der Waals surface area (Å²) in [7, 11) is 4.64. The van der Waals surface area contributed by atoms with Crippen molar-refractivity contribution in [1.82, 2.24) is 0 Å². The van der Waals surface area contributed by atoms with Crippen molar-refractivity contribution >= 4 is 29.2 Å². The van der Waals surface area contributed by atoms with E-state index in [1.165, 1.54) is 82.9 Å². The topological polar surface area (TPSA) is 58.6 Å². The number of benzene rings is 2. The van der Waals surface area contributed by atoms with Crippen LogP contribution >= 0.6 is 23.2 Å². The number of para-hydroxylation sites is 1. The lowest BCUT2D eigenvalue weighted by Crippen LogP contribution is -2.43. The fraction of sp³-hybridized carbons (Fsp3) is 0.567. The number of aliphatic carboxylic acids is 1. The summed E-state index contributed by atoms with van der Waals surface area (Å²) in [5, 5.41) is 10.8. The quantitative estimate of drug-likeness (QED) is 0.145. The average Bonchev–Trinajstić information content (AvgIpc) is 2.85. The minimum atomic E-state index is -1.30. The van der Waals surface area contributed by atoms with Crippen molar-refractivity contribution in [3.05, 3.63) is 58.6 Å². The zero-order valence-corrected chi connectivity index (χ0v) is 24.4. The highest BCUT2D eigenvalue weighted by Crippen LogP contribution is 2.27. The molecule has 0 N–H and O–H groups in total. The molecule has 0 radical (unpaired) electrons. The van der Waals surface area contributed by atoms with E-state index in [9.17, 15) is 9.90 Å². The van der Waals surface area contributed by atoms with Gasteiger partial charge in [-0.3, -0.25) is 0 Å². The number of carbonyl (C=O) groups is 1. The Bertz CT molecular complexity index is 862. The highest BCUT2D eigenvalue weighted by molar-refractivity contribution is 6.35. The Hall–Kier alpha value is -1.95. The van der Waals surface area contributed by atoms with Crippen molar-refractivity contribution in [1.29, 1.82) is 0 Å². The Morgan fingerprint density at radius 2 is 1.41 bits per heavy atom. The van der Waals surface area contributed by atoms with Gasteiger partial charge in [0.15, 0.2) is 0 Å². The van der Waals surface area contributed by atoms with Crippen LogP contribution in [0.3, 0.4) is 0 Å². The number of halogens is 2. The van der Waals surface area contributed by atoms with Gasteiger partial charge < -0.3 is 23.9 Å². The largest absolute Gasteiger partial charge is 0.546 e. The zero-order valence-electron chi connectivity index (χ0n) is 22.9. The normalized spacial score (nSPS) is 10.9. The van der Waals surface area contributed by atoms with Crippen LogP contribution in [-0.4, -0.2) is 50.9 Å². The summed E-state index contributed by atoms with van der Waals surface area (Å²) in [6.45, 7) is 4.89. The second-order valence-electron chi connectivity index (χ2n) is 9.96. The van der Waals surface area contributed by atoms with Crippen LogP contribution in [-0.2, 0) is 4.79 Å².